The van der Waals surface area contributed by atoms with Crippen LogP contribution in [0.5, 0.6) is 0 Å². The van der Waals surface area contributed by atoms with Gasteiger partial charge in [-0.15, -0.1) is 22.7 Å². The summed E-state index contributed by atoms with van der Waals surface area (Å²) in [6.45, 7) is 6.59. The number of fused-ring (bicyclic) bond motifs is 1. The van der Waals surface area contributed by atoms with Crippen molar-refractivity contribution in [3.05, 3.63) is 37.5 Å². The first kappa shape index (κ1) is 16.2. The molecule has 0 radical (unpaired) electrons. The molecule has 0 spiro atoms. The van der Waals surface area contributed by atoms with Gasteiger partial charge in [-0.25, -0.2) is 4.98 Å². The summed E-state index contributed by atoms with van der Waals surface area (Å²) in [7, 11) is 0. The first-order chi connectivity index (χ1) is 11.7. The van der Waals surface area contributed by atoms with Crippen LogP contribution in [0.1, 0.15) is 44.2 Å². The van der Waals surface area contributed by atoms with E-state index < -0.39 is 0 Å². The number of thiophene rings is 1. The number of aromatic nitrogens is 1. The van der Waals surface area contributed by atoms with Crippen molar-refractivity contribution in [2.24, 2.45) is 0 Å². The normalized spacial score (nSPS) is 18.1. The molecular formula is C18H23N3OS2. The van der Waals surface area contributed by atoms with E-state index in [4.69, 9.17) is 0 Å². The maximum absolute atomic E-state index is 12.7. The van der Waals surface area contributed by atoms with Gasteiger partial charge in [0.25, 0.3) is 5.91 Å². The third kappa shape index (κ3) is 3.27. The van der Waals surface area contributed by atoms with Crippen LogP contribution in [0.3, 0.4) is 0 Å². The summed E-state index contributed by atoms with van der Waals surface area (Å²) >= 11 is 3.47. The van der Waals surface area contributed by atoms with Crippen molar-refractivity contribution in [1.82, 2.24) is 14.8 Å². The average molecular weight is 362 g/mol. The molecule has 24 heavy (non-hydrogen) atoms. The first-order valence-corrected chi connectivity index (χ1v) is 10.5. The molecule has 1 fully saturated rings. The van der Waals surface area contributed by atoms with Gasteiger partial charge < -0.3 is 4.90 Å². The van der Waals surface area contributed by atoms with Gasteiger partial charge in [0.2, 0.25) is 0 Å². The Hall–Kier alpha value is -1.24. The molecule has 6 heteroatoms. The molecule has 0 aromatic carbocycles. The zero-order valence-electron chi connectivity index (χ0n) is 14.1. The summed E-state index contributed by atoms with van der Waals surface area (Å²) in [6, 6.07) is 2.14. The number of hydrogen-bond donors (Lipinski definition) is 0. The average Bonchev–Trinajstić information content (AvgIpc) is 3.30. The molecular weight excluding hydrogens is 338 g/mol. The number of nitrogens with zero attached hydrogens (tertiary/aromatic N) is 3. The Bertz CT molecular complexity index is 707. The lowest BCUT2D eigenvalue weighted by Crippen LogP contribution is -2.48. The van der Waals surface area contributed by atoms with Crippen LogP contribution in [0.4, 0.5) is 0 Å². The Morgan fingerprint density at radius 2 is 2.08 bits per heavy atom. The van der Waals surface area contributed by atoms with Crippen molar-refractivity contribution in [3.63, 3.8) is 0 Å². The fourth-order valence-electron chi connectivity index (χ4n) is 3.51. The Morgan fingerprint density at radius 3 is 2.79 bits per heavy atom. The number of piperazine rings is 1. The van der Waals surface area contributed by atoms with E-state index in [2.05, 4.69) is 28.3 Å². The number of amides is 1. The molecule has 4 nitrogen and oxygen atoms in total. The van der Waals surface area contributed by atoms with Crippen LogP contribution in [0.2, 0.25) is 0 Å². The van der Waals surface area contributed by atoms with Gasteiger partial charge >= 0.3 is 0 Å². The predicted octanol–water partition coefficient (Wildman–Crippen LogP) is 3.21. The van der Waals surface area contributed by atoms with Gasteiger partial charge in [0, 0.05) is 43.0 Å². The molecule has 3 heterocycles. The summed E-state index contributed by atoms with van der Waals surface area (Å²) in [4.78, 5) is 24.2. The summed E-state index contributed by atoms with van der Waals surface area (Å²) < 4.78 is 0. The lowest BCUT2D eigenvalue weighted by Gasteiger charge is -2.34. The molecule has 1 saturated heterocycles. The van der Waals surface area contributed by atoms with Crippen LogP contribution in [-0.2, 0) is 25.8 Å². The quantitative estimate of drug-likeness (QED) is 0.839. The fraction of sp³-hybridized carbons (Fsp3) is 0.556. The number of carbonyl (C=O) groups is 1. The van der Waals surface area contributed by atoms with Crippen LogP contribution in [0.25, 0.3) is 0 Å². The van der Waals surface area contributed by atoms with Gasteiger partial charge in [-0.05, 0) is 37.3 Å². The number of thiazole rings is 1. The van der Waals surface area contributed by atoms with E-state index >= 15 is 0 Å². The third-order valence-electron chi connectivity index (χ3n) is 4.90. The van der Waals surface area contributed by atoms with Crippen molar-refractivity contribution in [3.8, 4) is 0 Å². The monoisotopic (exact) mass is 361 g/mol. The summed E-state index contributed by atoms with van der Waals surface area (Å²) in [5.41, 5.74) is 2.59. The Morgan fingerprint density at radius 1 is 1.25 bits per heavy atom. The number of aryl methyl sites for hydroxylation is 3. The van der Waals surface area contributed by atoms with Crippen molar-refractivity contribution in [1.29, 1.82) is 0 Å². The van der Waals surface area contributed by atoms with Gasteiger partial charge in [-0.3, -0.25) is 9.69 Å². The maximum atomic E-state index is 12.7. The number of rotatable bonds is 4. The Labute approximate surface area is 151 Å². The maximum Gasteiger partial charge on any atom is 0.264 e. The van der Waals surface area contributed by atoms with Crippen molar-refractivity contribution >= 4 is 28.6 Å². The summed E-state index contributed by atoms with van der Waals surface area (Å²) in [5.74, 6) is 0.232. The van der Waals surface area contributed by atoms with Crippen molar-refractivity contribution in [2.45, 2.75) is 39.2 Å². The largest absolute Gasteiger partial charge is 0.335 e. The summed E-state index contributed by atoms with van der Waals surface area (Å²) in [6.07, 6.45) is 4.58. The number of hydrogen-bond acceptors (Lipinski definition) is 5. The van der Waals surface area contributed by atoms with Gasteiger partial charge in [0.15, 0.2) is 0 Å². The standard InChI is InChI=1S/C18H23N3OS2/c1-2-17-19-14(12-23-17)11-20-6-8-21(9-7-20)18(22)16-10-13-4-3-5-15(13)24-16/h10,12H,2-9,11H2,1H3. The zero-order valence-corrected chi connectivity index (χ0v) is 15.7. The lowest BCUT2D eigenvalue weighted by molar-refractivity contribution is 0.0632. The third-order valence-corrected chi connectivity index (χ3v) is 7.17. The topological polar surface area (TPSA) is 36.4 Å². The van der Waals surface area contributed by atoms with E-state index in [0.29, 0.717) is 0 Å². The highest BCUT2D eigenvalue weighted by Crippen LogP contribution is 2.31. The second-order valence-corrected chi connectivity index (χ2v) is 8.65. The molecule has 4 rings (SSSR count). The molecule has 1 aliphatic carbocycles. The molecule has 0 atom stereocenters. The van der Waals surface area contributed by atoms with Crippen molar-refractivity contribution in [2.75, 3.05) is 26.2 Å². The molecule has 2 aromatic rings. The number of carbonyl (C=O) groups excluding carboxylic acids is 1. The lowest BCUT2D eigenvalue weighted by atomic mass is 10.2. The van der Waals surface area contributed by atoms with Crippen LogP contribution in [-0.4, -0.2) is 46.9 Å². The van der Waals surface area contributed by atoms with Crippen LogP contribution in [0.15, 0.2) is 11.4 Å². The van der Waals surface area contributed by atoms with Gasteiger partial charge in [0.1, 0.15) is 0 Å². The van der Waals surface area contributed by atoms with Crippen LogP contribution >= 0.6 is 22.7 Å². The van der Waals surface area contributed by atoms with E-state index in [1.807, 2.05) is 4.90 Å². The van der Waals surface area contributed by atoms with Crippen LogP contribution < -0.4 is 0 Å². The minimum atomic E-state index is 0.232. The molecule has 1 amide bonds. The van der Waals surface area contributed by atoms with Crippen LogP contribution in [0, 0.1) is 0 Å². The molecule has 0 N–H and O–H groups in total. The Kier molecular flexibility index (Phi) is 4.70. The highest BCUT2D eigenvalue weighted by Gasteiger charge is 2.25. The van der Waals surface area contributed by atoms with Gasteiger partial charge in [-0.2, -0.15) is 0 Å². The minimum absolute atomic E-state index is 0.232. The summed E-state index contributed by atoms with van der Waals surface area (Å²) in [5, 5.41) is 3.38. The highest BCUT2D eigenvalue weighted by atomic mass is 32.1. The molecule has 2 aromatic heterocycles. The molecule has 0 unspecified atom stereocenters. The molecule has 1 aliphatic heterocycles. The second-order valence-electron chi connectivity index (χ2n) is 6.57. The molecule has 2 aliphatic rings. The zero-order chi connectivity index (χ0) is 16.5. The smallest absolute Gasteiger partial charge is 0.264 e. The minimum Gasteiger partial charge on any atom is -0.335 e. The molecule has 128 valence electrons. The fourth-order valence-corrected chi connectivity index (χ4v) is 5.47. The van der Waals surface area contributed by atoms with E-state index in [9.17, 15) is 4.79 Å². The van der Waals surface area contributed by atoms with E-state index in [1.165, 1.54) is 27.6 Å². The van der Waals surface area contributed by atoms with Gasteiger partial charge in [-0.1, -0.05) is 6.92 Å². The first-order valence-electron chi connectivity index (χ1n) is 8.79. The molecule has 0 saturated carbocycles. The Balaban J connectivity index is 1.32. The van der Waals surface area contributed by atoms with Gasteiger partial charge in [0.05, 0.1) is 15.6 Å². The van der Waals surface area contributed by atoms with E-state index in [-0.39, 0.29) is 5.91 Å². The highest BCUT2D eigenvalue weighted by molar-refractivity contribution is 7.14. The van der Waals surface area contributed by atoms with E-state index in [1.54, 1.807) is 22.7 Å². The van der Waals surface area contributed by atoms with E-state index in [0.717, 1.165) is 56.9 Å². The second kappa shape index (κ2) is 6.94. The predicted molar refractivity (Wildman–Crippen MR) is 99.0 cm³/mol. The SMILES string of the molecule is CCc1nc(CN2CCN(C(=O)c3cc4c(s3)CCC4)CC2)cs1. The van der Waals surface area contributed by atoms with Crippen molar-refractivity contribution < 1.29 is 4.79 Å². The molecule has 0 bridgehead atoms.